The lowest BCUT2D eigenvalue weighted by molar-refractivity contribution is -0.185. The smallest absolute Gasteiger partial charge is 0.333 e. The van der Waals surface area contributed by atoms with Crippen LogP contribution < -0.4 is 0 Å². The van der Waals surface area contributed by atoms with E-state index in [-0.39, 0.29) is 5.97 Å². The molecule has 0 fully saturated rings. The van der Waals surface area contributed by atoms with Gasteiger partial charge in [0, 0.05) is 18.9 Å². The molecule has 0 rings (SSSR count). The second kappa shape index (κ2) is 12.7. The zero-order valence-corrected chi connectivity index (χ0v) is 12.9. The molecular weight excluding hydrogens is 256 g/mol. The molecule has 0 saturated carbocycles. The summed E-state index contributed by atoms with van der Waals surface area (Å²) in [4.78, 5) is 22.9. The summed E-state index contributed by atoms with van der Waals surface area (Å²) in [5.74, 6) is -0.843. The summed E-state index contributed by atoms with van der Waals surface area (Å²) in [6, 6.07) is 0. The third kappa shape index (κ3) is 10.6. The molecule has 0 aromatic rings. The highest BCUT2D eigenvalue weighted by Gasteiger charge is 2.17. The highest BCUT2D eigenvalue weighted by atomic mass is 16.7. The SMILES string of the molecule is C=CC(=O)OC(CCCCC)OC(=O)CCCCCC. The third-order valence-corrected chi connectivity index (χ3v) is 2.95. The van der Waals surface area contributed by atoms with Gasteiger partial charge in [0.15, 0.2) is 0 Å². The van der Waals surface area contributed by atoms with Crippen LogP contribution in [0.2, 0.25) is 0 Å². The third-order valence-electron chi connectivity index (χ3n) is 2.95. The van der Waals surface area contributed by atoms with Crippen molar-refractivity contribution in [2.45, 2.75) is 77.9 Å². The second-order valence-corrected chi connectivity index (χ2v) is 4.87. The first-order valence-electron chi connectivity index (χ1n) is 7.66. The Morgan fingerprint density at radius 2 is 1.65 bits per heavy atom. The van der Waals surface area contributed by atoms with Gasteiger partial charge in [-0.3, -0.25) is 4.79 Å². The van der Waals surface area contributed by atoms with Crippen LogP contribution in [0.3, 0.4) is 0 Å². The Morgan fingerprint density at radius 1 is 1.00 bits per heavy atom. The van der Waals surface area contributed by atoms with Gasteiger partial charge in [0.25, 0.3) is 0 Å². The predicted molar refractivity (Wildman–Crippen MR) is 79.1 cm³/mol. The molecule has 116 valence electrons. The van der Waals surface area contributed by atoms with Crippen LogP contribution in [0, 0.1) is 0 Å². The topological polar surface area (TPSA) is 52.6 Å². The van der Waals surface area contributed by atoms with Crippen molar-refractivity contribution in [1.82, 2.24) is 0 Å². The molecule has 0 aliphatic carbocycles. The van der Waals surface area contributed by atoms with Crippen molar-refractivity contribution in [1.29, 1.82) is 0 Å². The van der Waals surface area contributed by atoms with E-state index in [0.717, 1.165) is 51.0 Å². The fourth-order valence-corrected chi connectivity index (χ4v) is 1.78. The maximum Gasteiger partial charge on any atom is 0.333 e. The van der Waals surface area contributed by atoms with Crippen LogP contribution in [0.1, 0.15) is 71.6 Å². The van der Waals surface area contributed by atoms with Gasteiger partial charge in [0.05, 0.1) is 0 Å². The van der Waals surface area contributed by atoms with Crippen molar-refractivity contribution >= 4 is 11.9 Å². The summed E-state index contributed by atoms with van der Waals surface area (Å²) in [7, 11) is 0. The van der Waals surface area contributed by atoms with E-state index in [4.69, 9.17) is 9.47 Å². The molecule has 4 heteroatoms. The van der Waals surface area contributed by atoms with Crippen molar-refractivity contribution in [3.8, 4) is 0 Å². The first-order valence-corrected chi connectivity index (χ1v) is 7.66. The summed E-state index contributed by atoms with van der Waals surface area (Å²) in [5, 5.41) is 0. The van der Waals surface area contributed by atoms with E-state index in [1.807, 2.05) is 0 Å². The molecule has 0 saturated heterocycles. The van der Waals surface area contributed by atoms with E-state index >= 15 is 0 Å². The normalized spacial score (nSPS) is 11.7. The summed E-state index contributed by atoms with van der Waals surface area (Å²) in [6.45, 7) is 7.55. The van der Waals surface area contributed by atoms with Crippen molar-refractivity contribution in [2.75, 3.05) is 0 Å². The lowest BCUT2D eigenvalue weighted by Crippen LogP contribution is -2.24. The maximum atomic E-state index is 11.7. The van der Waals surface area contributed by atoms with Gasteiger partial charge in [-0.25, -0.2) is 4.79 Å². The van der Waals surface area contributed by atoms with Gasteiger partial charge in [-0.2, -0.15) is 0 Å². The summed E-state index contributed by atoms with van der Waals surface area (Å²) < 4.78 is 10.3. The zero-order chi connectivity index (χ0) is 15.2. The number of esters is 2. The first-order chi connectivity index (χ1) is 9.63. The number of unbranched alkanes of at least 4 members (excludes halogenated alkanes) is 5. The molecule has 0 aromatic heterocycles. The highest BCUT2D eigenvalue weighted by Crippen LogP contribution is 2.11. The second-order valence-electron chi connectivity index (χ2n) is 4.87. The number of carbonyl (C=O) groups excluding carboxylic acids is 2. The highest BCUT2D eigenvalue weighted by molar-refractivity contribution is 5.81. The van der Waals surface area contributed by atoms with Crippen molar-refractivity contribution in [3.63, 3.8) is 0 Å². The van der Waals surface area contributed by atoms with Crippen LogP contribution in [0.15, 0.2) is 12.7 Å². The van der Waals surface area contributed by atoms with Gasteiger partial charge in [-0.1, -0.05) is 52.5 Å². The molecule has 0 aromatic carbocycles. The molecule has 20 heavy (non-hydrogen) atoms. The zero-order valence-electron chi connectivity index (χ0n) is 12.9. The Hall–Kier alpha value is -1.32. The van der Waals surface area contributed by atoms with Gasteiger partial charge < -0.3 is 9.47 Å². The Kier molecular flexibility index (Phi) is 11.9. The summed E-state index contributed by atoms with van der Waals surface area (Å²) >= 11 is 0. The van der Waals surface area contributed by atoms with Crippen LogP contribution in [0.25, 0.3) is 0 Å². The molecule has 0 aliphatic rings. The molecule has 0 bridgehead atoms. The fourth-order valence-electron chi connectivity index (χ4n) is 1.78. The van der Waals surface area contributed by atoms with E-state index in [1.165, 1.54) is 0 Å². The molecule has 0 heterocycles. The molecule has 4 nitrogen and oxygen atoms in total. The molecule has 0 amide bonds. The standard InChI is InChI=1S/C16H28O4/c1-4-7-9-11-12-15(18)20-16(13-10-8-5-2)19-14(17)6-3/h6,16H,3-5,7-13H2,1-2H3. The fraction of sp³-hybridized carbons (Fsp3) is 0.750. The van der Waals surface area contributed by atoms with E-state index in [2.05, 4.69) is 20.4 Å². The van der Waals surface area contributed by atoms with Gasteiger partial charge in [-0.15, -0.1) is 0 Å². The van der Waals surface area contributed by atoms with Crippen molar-refractivity contribution in [2.24, 2.45) is 0 Å². The molecule has 0 radical (unpaired) electrons. The Bertz CT molecular complexity index is 286. The van der Waals surface area contributed by atoms with Crippen LogP contribution >= 0.6 is 0 Å². The minimum Gasteiger partial charge on any atom is -0.425 e. The maximum absolute atomic E-state index is 11.7. The number of rotatable bonds is 12. The molecule has 1 atom stereocenters. The largest absolute Gasteiger partial charge is 0.425 e. The van der Waals surface area contributed by atoms with Gasteiger partial charge in [0.1, 0.15) is 0 Å². The van der Waals surface area contributed by atoms with E-state index in [1.54, 1.807) is 0 Å². The van der Waals surface area contributed by atoms with Crippen molar-refractivity contribution in [3.05, 3.63) is 12.7 Å². The summed E-state index contributed by atoms with van der Waals surface area (Å²) in [6.07, 6.45) is 8.31. The molecule has 0 spiro atoms. The monoisotopic (exact) mass is 284 g/mol. The minimum absolute atomic E-state index is 0.292. The number of hydrogen-bond acceptors (Lipinski definition) is 4. The first kappa shape index (κ1) is 18.7. The number of ether oxygens (including phenoxy) is 2. The quantitative estimate of drug-likeness (QED) is 0.234. The number of carbonyl (C=O) groups is 2. The molecule has 0 N–H and O–H groups in total. The van der Waals surface area contributed by atoms with E-state index in [9.17, 15) is 9.59 Å². The van der Waals surface area contributed by atoms with Crippen LogP contribution in [-0.2, 0) is 19.1 Å². The summed E-state index contributed by atoms with van der Waals surface area (Å²) in [5.41, 5.74) is 0. The van der Waals surface area contributed by atoms with Crippen LogP contribution in [0.5, 0.6) is 0 Å². The van der Waals surface area contributed by atoms with E-state index in [0.29, 0.717) is 12.8 Å². The number of hydrogen-bond donors (Lipinski definition) is 0. The average molecular weight is 284 g/mol. The van der Waals surface area contributed by atoms with Crippen LogP contribution in [0.4, 0.5) is 0 Å². The van der Waals surface area contributed by atoms with Gasteiger partial charge in [0.2, 0.25) is 6.29 Å². The van der Waals surface area contributed by atoms with Crippen molar-refractivity contribution < 1.29 is 19.1 Å². The predicted octanol–water partition coefficient (Wildman–Crippen LogP) is 4.14. The molecule has 0 aliphatic heterocycles. The van der Waals surface area contributed by atoms with Gasteiger partial charge >= 0.3 is 11.9 Å². The average Bonchev–Trinajstić information content (AvgIpc) is 2.43. The lowest BCUT2D eigenvalue weighted by Gasteiger charge is -2.17. The van der Waals surface area contributed by atoms with Gasteiger partial charge in [-0.05, 0) is 12.8 Å². The Labute approximate surface area is 122 Å². The Balaban J connectivity index is 4.07. The Morgan fingerprint density at radius 3 is 2.25 bits per heavy atom. The van der Waals surface area contributed by atoms with Crippen LogP contribution in [-0.4, -0.2) is 18.2 Å². The minimum atomic E-state index is -0.772. The molecule has 1 unspecified atom stereocenters. The van der Waals surface area contributed by atoms with E-state index < -0.39 is 12.3 Å². The lowest BCUT2D eigenvalue weighted by atomic mass is 10.1. The molecular formula is C16H28O4.